The van der Waals surface area contributed by atoms with Gasteiger partial charge in [-0.05, 0) is 13.0 Å². The molecule has 0 radical (unpaired) electrons. The molecule has 1 saturated heterocycles. The monoisotopic (exact) mass is 346 g/mol. The van der Waals surface area contributed by atoms with Gasteiger partial charge in [0.1, 0.15) is 12.7 Å². The van der Waals surface area contributed by atoms with Crippen LogP contribution in [-0.4, -0.2) is 40.6 Å². The number of hydrogen-bond acceptors (Lipinski definition) is 7. The molecule has 126 valence electrons. The Labute approximate surface area is 147 Å². The van der Waals surface area contributed by atoms with Gasteiger partial charge >= 0.3 is 0 Å². The third-order valence-electron chi connectivity index (χ3n) is 3.80. The zero-order valence-electron chi connectivity index (χ0n) is 13.3. The first-order valence-electron chi connectivity index (χ1n) is 7.53. The van der Waals surface area contributed by atoms with Crippen molar-refractivity contribution in [3.05, 3.63) is 42.0 Å². The Bertz CT molecular complexity index is 702. The number of nitriles is 1. The topological polar surface area (TPSA) is 87.0 Å². The summed E-state index contributed by atoms with van der Waals surface area (Å²) in [6.07, 6.45) is 6.52. The van der Waals surface area contributed by atoms with Gasteiger partial charge in [0.25, 0.3) is 0 Å². The Morgan fingerprint density at radius 2 is 2.17 bits per heavy atom. The molecule has 1 N–H and O–H groups in total. The zero-order valence-corrected chi connectivity index (χ0v) is 14.2. The lowest BCUT2D eigenvalue weighted by atomic mass is 10.2. The minimum Gasteiger partial charge on any atom is -0.486 e. The minimum atomic E-state index is 0. The van der Waals surface area contributed by atoms with Gasteiger partial charge in [0.15, 0.2) is 5.75 Å². The van der Waals surface area contributed by atoms with E-state index in [2.05, 4.69) is 38.2 Å². The maximum atomic E-state index is 9.04. The molecule has 0 amide bonds. The molecule has 0 unspecified atom stereocenters. The standard InChI is InChI=1S/C16H18N6O.ClH/c1-12-7-19-4-5-22(12)16-20-9-15(10-21-16)23-11-13-2-3-18-8-14(13)6-17;/h2-3,8-10,12,19H,4-5,7,11H2,1H3;1H/t12-;/m1./s1. The van der Waals surface area contributed by atoms with E-state index < -0.39 is 0 Å². The average molecular weight is 347 g/mol. The predicted molar refractivity (Wildman–Crippen MR) is 92.2 cm³/mol. The summed E-state index contributed by atoms with van der Waals surface area (Å²) in [5.74, 6) is 1.30. The molecule has 7 nitrogen and oxygen atoms in total. The van der Waals surface area contributed by atoms with Crippen molar-refractivity contribution in [3.63, 3.8) is 0 Å². The third kappa shape index (κ3) is 4.10. The SMILES string of the molecule is C[C@@H]1CNCCN1c1ncc(OCc2ccncc2C#N)cn1.Cl. The van der Waals surface area contributed by atoms with Gasteiger partial charge in [-0.3, -0.25) is 4.98 Å². The first kappa shape index (κ1) is 17.9. The van der Waals surface area contributed by atoms with Gasteiger partial charge in [-0.1, -0.05) is 0 Å². The molecule has 2 aromatic rings. The zero-order chi connectivity index (χ0) is 16.1. The van der Waals surface area contributed by atoms with Crippen LogP contribution in [0.15, 0.2) is 30.9 Å². The van der Waals surface area contributed by atoms with Crippen LogP contribution < -0.4 is 15.0 Å². The molecule has 3 rings (SSSR count). The van der Waals surface area contributed by atoms with E-state index >= 15 is 0 Å². The lowest BCUT2D eigenvalue weighted by Crippen LogP contribution is -2.50. The third-order valence-corrected chi connectivity index (χ3v) is 3.80. The van der Waals surface area contributed by atoms with Crippen LogP contribution in [0.1, 0.15) is 18.1 Å². The van der Waals surface area contributed by atoms with Crippen LogP contribution in [0.3, 0.4) is 0 Å². The molecule has 24 heavy (non-hydrogen) atoms. The Kier molecular flexibility index (Phi) is 6.29. The summed E-state index contributed by atoms with van der Waals surface area (Å²) >= 11 is 0. The normalized spacial score (nSPS) is 16.8. The summed E-state index contributed by atoms with van der Waals surface area (Å²) in [6, 6.07) is 4.24. The largest absolute Gasteiger partial charge is 0.486 e. The van der Waals surface area contributed by atoms with Crippen molar-refractivity contribution in [2.45, 2.75) is 19.6 Å². The first-order valence-corrected chi connectivity index (χ1v) is 7.53. The van der Waals surface area contributed by atoms with Crippen molar-refractivity contribution < 1.29 is 4.74 Å². The first-order chi connectivity index (χ1) is 11.3. The molecular formula is C16H19ClN6O. The maximum Gasteiger partial charge on any atom is 0.225 e. The van der Waals surface area contributed by atoms with Crippen molar-refractivity contribution in [1.29, 1.82) is 5.26 Å². The van der Waals surface area contributed by atoms with Crippen LogP contribution in [0.25, 0.3) is 0 Å². The molecule has 0 aromatic carbocycles. The second kappa shape index (κ2) is 8.43. The van der Waals surface area contributed by atoms with Crippen LogP contribution in [0, 0.1) is 11.3 Å². The number of aromatic nitrogens is 3. The van der Waals surface area contributed by atoms with E-state index in [1.54, 1.807) is 24.7 Å². The van der Waals surface area contributed by atoms with E-state index in [0.717, 1.165) is 25.2 Å². The van der Waals surface area contributed by atoms with E-state index in [-0.39, 0.29) is 19.0 Å². The number of rotatable bonds is 4. The van der Waals surface area contributed by atoms with E-state index in [0.29, 0.717) is 23.3 Å². The number of nitrogens with zero attached hydrogens (tertiary/aromatic N) is 5. The summed E-state index contributed by atoms with van der Waals surface area (Å²) in [6.45, 7) is 5.19. The number of hydrogen-bond donors (Lipinski definition) is 1. The number of halogens is 1. The van der Waals surface area contributed by atoms with Crippen molar-refractivity contribution >= 4 is 18.4 Å². The Morgan fingerprint density at radius 3 is 2.88 bits per heavy atom. The molecule has 2 aromatic heterocycles. The van der Waals surface area contributed by atoms with Gasteiger partial charge in [-0.25, -0.2) is 9.97 Å². The van der Waals surface area contributed by atoms with Gasteiger partial charge < -0.3 is 15.0 Å². The highest BCUT2D eigenvalue weighted by molar-refractivity contribution is 5.85. The highest BCUT2D eigenvalue weighted by atomic mass is 35.5. The number of piperazine rings is 1. The molecule has 3 heterocycles. The fourth-order valence-electron chi connectivity index (χ4n) is 2.48. The predicted octanol–water partition coefficient (Wildman–Crippen LogP) is 1.54. The molecule has 8 heteroatoms. The molecule has 0 spiro atoms. The van der Waals surface area contributed by atoms with E-state index in [9.17, 15) is 0 Å². The number of nitrogens with one attached hydrogen (secondary N) is 1. The summed E-state index contributed by atoms with van der Waals surface area (Å²) in [5, 5.41) is 12.4. The molecule has 0 bridgehead atoms. The summed E-state index contributed by atoms with van der Waals surface area (Å²) < 4.78 is 5.67. The van der Waals surface area contributed by atoms with E-state index in [1.165, 1.54) is 6.20 Å². The molecule has 1 aliphatic heterocycles. The minimum absolute atomic E-state index is 0. The molecule has 1 atom stereocenters. The van der Waals surface area contributed by atoms with Crippen LogP contribution in [-0.2, 0) is 6.61 Å². The summed E-state index contributed by atoms with van der Waals surface area (Å²) in [7, 11) is 0. The smallest absolute Gasteiger partial charge is 0.225 e. The Morgan fingerprint density at radius 1 is 1.38 bits per heavy atom. The van der Waals surface area contributed by atoms with Crippen LogP contribution in [0.5, 0.6) is 5.75 Å². The van der Waals surface area contributed by atoms with Crippen molar-refractivity contribution in [3.8, 4) is 11.8 Å². The average Bonchev–Trinajstić information content (AvgIpc) is 2.61. The lowest BCUT2D eigenvalue weighted by molar-refractivity contribution is 0.303. The van der Waals surface area contributed by atoms with Gasteiger partial charge in [-0.2, -0.15) is 5.26 Å². The second-order valence-electron chi connectivity index (χ2n) is 5.40. The molecule has 0 saturated carbocycles. The molecular weight excluding hydrogens is 328 g/mol. The van der Waals surface area contributed by atoms with Gasteiger partial charge in [-0.15, -0.1) is 12.4 Å². The van der Waals surface area contributed by atoms with Gasteiger partial charge in [0, 0.05) is 43.6 Å². The maximum absolute atomic E-state index is 9.04. The van der Waals surface area contributed by atoms with Gasteiger partial charge in [0.2, 0.25) is 5.95 Å². The number of ether oxygens (including phenoxy) is 1. The quantitative estimate of drug-likeness (QED) is 0.898. The van der Waals surface area contributed by atoms with Crippen molar-refractivity contribution in [2.75, 3.05) is 24.5 Å². The van der Waals surface area contributed by atoms with Crippen molar-refractivity contribution in [2.24, 2.45) is 0 Å². The van der Waals surface area contributed by atoms with Crippen LogP contribution in [0.2, 0.25) is 0 Å². The highest BCUT2D eigenvalue weighted by Gasteiger charge is 2.20. The molecule has 1 aliphatic rings. The lowest BCUT2D eigenvalue weighted by Gasteiger charge is -2.33. The fraction of sp³-hybridized carbons (Fsp3) is 0.375. The van der Waals surface area contributed by atoms with Gasteiger partial charge in [0.05, 0.1) is 18.0 Å². The van der Waals surface area contributed by atoms with Crippen LogP contribution >= 0.6 is 12.4 Å². The van der Waals surface area contributed by atoms with Crippen molar-refractivity contribution in [1.82, 2.24) is 20.3 Å². The highest BCUT2D eigenvalue weighted by Crippen LogP contribution is 2.17. The Hall–Kier alpha value is -2.43. The van der Waals surface area contributed by atoms with Crippen LogP contribution in [0.4, 0.5) is 5.95 Å². The summed E-state index contributed by atoms with van der Waals surface area (Å²) in [4.78, 5) is 14.9. The fourth-order valence-corrected chi connectivity index (χ4v) is 2.48. The number of pyridine rings is 1. The number of anilines is 1. The second-order valence-corrected chi connectivity index (χ2v) is 5.40. The molecule has 1 fully saturated rings. The van der Waals surface area contributed by atoms with E-state index in [4.69, 9.17) is 10.00 Å². The molecule has 0 aliphatic carbocycles. The Balaban J connectivity index is 0.00000208. The summed E-state index contributed by atoms with van der Waals surface area (Å²) in [5.41, 5.74) is 1.31. The van der Waals surface area contributed by atoms with E-state index in [1.807, 2.05) is 0 Å².